The largest absolute Gasteiger partial charge is 0.427 e. The quantitative estimate of drug-likeness (QED) is 0.173. The maximum atomic E-state index is 11.8. The van der Waals surface area contributed by atoms with Crippen molar-refractivity contribution in [3.05, 3.63) is 59.7 Å². The number of ether oxygens (including phenoxy) is 2. The van der Waals surface area contributed by atoms with Crippen LogP contribution in [0.4, 0.5) is 0 Å². The minimum absolute atomic E-state index is 0.291. The van der Waals surface area contributed by atoms with E-state index in [-0.39, 0.29) is 11.9 Å². The molecule has 164 valence electrons. The molecule has 0 aliphatic heterocycles. The molecule has 0 aromatic heterocycles. The standard InChI is InChI=1S/C23H22Cl2O6/c24-22(28)16-8-12-18(13-9-16)30-20(26)6-4-2-1-3-5-7-21(27)31-19-14-10-17(11-15-19)23(25)29/h8-15H,1-7H2. The van der Waals surface area contributed by atoms with Gasteiger partial charge in [-0.05, 0) is 84.6 Å². The zero-order valence-corrected chi connectivity index (χ0v) is 18.3. The molecule has 2 rings (SSSR count). The molecule has 0 atom stereocenters. The maximum absolute atomic E-state index is 11.8. The summed E-state index contributed by atoms with van der Waals surface area (Å²) in [5.74, 6) is 0.0639. The third-order valence-electron chi connectivity index (χ3n) is 4.39. The van der Waals surface area contributed by atoms with Crippen LogP contribution in [0.2, 0.25) is 0 Å². The van der Waals surface area contributed by atoms with E-state index < -0.39 is 10.5 Å². The van der Waals surface area contributed by atoms with Gasteiger partial charge in [-0.25, -0.2) is 0 Å². The molecule has 6 nitrogen and oxygen atoms in total. The van der Waals surface area contributed by atoms with Crippen LogP contribution in [0.15, 0.2) is 48.5 Å². The van der Waals surface area contributed by atoms with Gasteiger partial charge in [0, 0.05) is 24.0 Å². The average molecular weight is 465 g/mol. The summed E-state index contributed by atoms with van der Waals surface area (Å²) in [7, 11) is 0. The van der Waals surface area contributed by atoms with Gasteiger partial charge in [0.1, 0.15) is 11.5 Å². The SMILES string of the molecule is O=C(CCCCCCCC(=O)Oc1ccc(C(=O)Cl)cc1)Oc1ccc(C(=O)Cl)cc1. The van der Waals surface area contributed by atoms with Crippen molar-refractivity contribution in [3.63, 3.8) is 0 Å². The fourth-order valence-corrected chi connectivity index (χ4v) is 2.99. The lowest BCUT2D eigenvalue weighted by Crippen LogP contribution is -2.08. The van der Waals surface area contributed by atoms with E-state index in [1.165, 1.54) is 48.5 Å². The first-order valence-electron chi connectivity index (χ1n) is 9.86. The van der Waals surface area contributed by atoms with Crippen molar-refractivity contribution in [1.29, 1.82) is 0 Å². The molecule has 0 fully saturated rings. The highest BCUT2D eigenvalue weighted by Gasteiger charge is 2.08. The Morgan fingerprint density at radius 3 is 1.19 bits per heavy atom. The van der Waals surface area contributed by atoms with Gasteiger partial charge in [0.05, 0.1) is 0 Å². The molecule has 31 heavy (non-hydrogen) atoms. The number of carbonyl (C=O) groups excluding carboxylic acids is 4. The Morgan fingerprint density at radius 2 is 0.871 bits per heavy atom. The van der Waals surface area contributed by atoms with Crippen LogP contribution in [0, 0.1) is 0 Å². The summed E-state index contributed by atoms with van der Waals surface area (Å²) in [6, 6.07) is 12.1. The summed E-state index contributed by atoms with van der Waals surface area (Å²) in [6.45, 7) is 0. The monoisotopic (exact) mass is 464 g/mol. The van der Waals surface area contributed by atoms with E-state index >= 15 is 0 Å². The third kappa shape index (κ3) is 9.32. The van der Waals surface area contributed by atoms with Crippen LogP contribution in [0.3, 0.4) is 0 Å². The molecule has 0 amide bonds. The van der Waals surface area contributed by atoms with E-state index in [0.29, 0.717) is 48.3 Å². The molecule has 0 heterocycles. The summed E-state index contributed by atoms with van der Waals surface area (Å²) in [6.07, 6.45) is 4.54. The third-order valence-corrected chi connectivity index (χ3v) is 4.82. The zero-order chi connectivity index (χ0) is 22.6. The molecule has 2 aromatic carbocycles. The summed E-state index contributed by atoms with van der Waals surface area (Å²) < 4.78 is 10.4. The number of esters is 2. The smallest absolute Gasteiger partial charge is 0.311 e. The fraction of sp³-hybridized carbons (Fsp3) is 0.304. The summed E-state index contributed by atoms with van der Waals surface area (Å²) in [5, 5.41) is -1.13. The van der Waals surface area contributed by atoms with Crippen molar-refractivity contribution in [3.8, 4) is 11.5 Å². The van der Waals surface area contributed by atoms with Crippen molar-refractivity contribution in [2.75, 3.05) is 0 Å². The Morgan fingerprint density at radius 1 is 0.548 bits per heavy atom. The highest BCUT2D eigenvalue weighted by molar-refractivity contribution is 6.68. The van der Waals surface area contributed by atoms with Gasteiger partial charge < -0.3 is 9.47 Å². The number of carbonyl (C=O) groups is 4. The molecule has 0 N–H and O–H groups in total. The number of benzene rings is 2. The van der Waals surface area contributed by atoms with Gasteiger partial charge in [-0.2, -0.15) is 0 Å². The molecule has 0 spiro atoms. The van der Waals surface area contributed by atoms with Gasteiger partial charge in [0.15, 0.2) is 0 Å². The minimum Gasteiger partial charge on any atom is -0.427 e. The first-order chi connectivity index (χ1) is 14.8. The first kappa shape index (κ1) is 24.6. The van der Waals surface area contributed by atoms with E-state index in [1.807, 2.05) is 0 Å². The Kier molecular flexibility index (Phi) is 10.2. The van der Waals surface area contributed by atoms with Crippen molar-refractivity contribution < 1.29 is 28.7 Å². The van der Waals surface area contributed by atoms with Gasteiger partial charge in [0.2, 0.25) is 0 Å². The maximum Gasteiger partial charge on any atom is 0.311 e. The minimum atomic E-state index is -0.565. The Hall–Kier alpha value is -2.70. The van der Waals surface area contributed by atoms with E-state index in [1.54, 1.807) is 0 Å². The second-order valence-electron chi connectivity index (χ2n) is 6.81. The predicted octanol–water partition coefficient (Wildman–Crippen LogP) is 5.69. The number of halogens is 2. The van der Waals surface area contributed by atoms with Crippen LogP contribution < -0.4 is 9.47 Å². The van der Waals surface area contributed by atoms with Gasteiger partial charge in [-0.15, -0.1) is 0 Å². The Bertz CT molecular complexity index is 831. The van der Waals surface area contributed by atoms with E-state index in [0.717, 1.165) is 19.3 Å². The first-order valence-corrected chi connectivity index (χ1v) is 10.6. The second-order valence-corrected chi connectivity index (χ2v) is 7.50. The van der Waals surface area contributed by atoms with Crippen LogP contribution in [-0.4, -0.2) is 22.4 Å². The molecular formula is C23H22Cl2O6. The molecular weight excluding hydrogens is 443 g/mol. The highest BCUT2D eigenvalue weighted by Crippen LogP contribution is 2.17. The molecule has 0 bridgehead atoms. The molecule has 0 saturated heterocycles. The lowest BCUT2D eigenvalue weighted by molar-refractivity contribution is -0.135. The molecule has 0 aliphatic rings. The summed E-state index contributed by atoms with van der Waals surface area (Å²) >= 11 is 10.7. The topological polar surface area (TPSA) is 86.7 Å². The predicted molar refractivity (Wildman–Crippen MR) is 117 cm³/mol. The molecule has 8 heteroatoms. The van der Waals surface area contributed by atoms with Crippen LogP contribution >= 0.6 is 23.2 Å². The summed E-state index contributed by atoms with van der Waals surface area (Å²) in [5.41, 5.74) is 0.678. The van der Waals surface area contributed by atoms with Gasteiger partial charge in [-0.1, -0.05) is 19.3 Å². The van der Waals surface area contributed by atoms with Crippen LogP contribution in [0.25, 0.3) is 0 Å². The van der Waals surface area contributed by atoms with Gasteiger partial charge in [0.25, 0.3) is 10.5 Å². The molecule has 0 saturated carbocycles. The molecule has 0 radical (unpaired) electrons. The zero-order valence-electron chi connectivity index (χ0n) is 16.8. The van der Waals surface area contributed by atoms with Gasteiger partial charge >= 0.3 is 11.9 Å². The van der Waals surface area contributed by atoms with E-state index in [9.17, 15) is 19.2 Å². The summed E-state index contributed by atoms with van der Waals surface area (Å²) in [4.78, 5) is 45.7. The average Bonchev–Trinajstić information content (AvgIpc) is 2.73. The highest BCUT2D eigenvalue weighted by atomic mass is 35.5. The number of unbranched alkanes of at least 4 members (excludes halogenated alkanes) is 4. The molecule has 2 aromatic rings. The molecule has 0 unspecified atom stereocenters. The van der Waals surface area contributed by atoms with E-state index in [2.05, 4.69) is 0 Å². The number of hydrogen-bond acceptors (Lipinski definition) is 6. The van der Waals surface area contributed by atoms with Crippen LogP contribution in [0.1, 0.15) is 65.7 Å². The number of hydrogen-bond donors (Lipinski definition) is 0. The van der Waals surface area contributed by atoms with Crippen molar-refractivity contribution in [2.45, 2.75) is 44.9 Å². The van der Waals surface area contributed by atoms with Crippen molar-refractivity contribution >= 4 is 45.6 Å². The second kappa shape index (κ2) is 12.9. The fourth-order valence-electron chi connectivity index (χ4n) is 2.74. The van der Waals surface area contributed by atoms with Crippen LogP contribution in [0.5, 0.6) is 11.5 Å². The normalized spacial score (nSPS) is 10.4. The lowest BCUT2D eigenvalue weighted by Gasteiger charge is -2.06. The van der Waals surface area contributed by atoms with Crippen molar-refractivity contribution in [1.82, 2.24) is 0 Å². The molecule has 0 aliphatic carbocycles. The Balaban J connectivity index is 1.53. The Labute approximate surface area is 190 Å². The number of rotatable bonds is 12. The van der Waals surface area contributed by atoms with Gasteiger partial charge in [-0.3, -0.25) is 19.2 Å². The van der Waals surface area contributed by atoms with E-state index in [4.69, 9.17) is 32.7 Å². The lowest BCUT2D eigenvalue weighted by atomic mass is 10.1. The van der Waals surface area contributed by atoms with Crippen LogP contribution in [-0.2, 0) is 9.59 Å². The van der Waals surface area contributed by atoms with Crippen molar-refractivity contribution in [2.24, 2.45) is 0 Å².